The van der Waals surface area contributed by atoms with Gasteiger partial charge in [-0.15, -0.1) is 0 Å². The lowest BCUT2D eigenvalue weighted by Crippen LogP contribution is -2.43. The van der Waals surface area contributed by atoms with E-state index in [0.29, 0.717) is 11.8 Å². The first-order valence-corrected chi connectivity index (χ1v) is 7.30. The number of rotatable bonds is 4. The van der Waals surface area contributed by atoms with E-state index in [1.807, 2.05) is 4.90 Å². The lowest BCUT2D eigenvalue weighted by atomic mass is 10.1. The summed E-state index contributed by atoms with van der Waals surface area (Å²) in [6.45, 7) is 10.5. The highest BCUT2D eigenvalue weighted by Crippen LogP contribution is 2.49. The molecule has 0 aromatic heterocycles. The van der Waals surface area contributed by atoms with Gasteiger partial charge in [-0.2, -0.15) is 0 Å². The summed E-state index contributed by atoms with van der Waals surface area (Å²) in [4.78, 5) is 14.6. The molecule has 104 valence electrons. The zero-order valence-electron chi connectivity index (χ0n) is 12.7. The van der Waals surface area contributed by atoms with Gasteiger partial charge in [0.15, 0.2) is 0 Å². The minimum absolute atomic E-state index is 0.201. The molecule has 1 saturated carbocycles. The van der Waals surface area contributed by atoms with E-state index in [1.54, 1.807) is 0 Å². The Kier molecular flexibility index (Phi) is 3.98. The molecule has 1 aromatic rings. The fraction of sp³-hybridized carbons (Fsp3) is 0.588. The first kappa shape index (κ1) is 14.1. The lowest BCUT2D eigenvalue weighted by Gasteiger charge is -2.31. The average Bonchev–Trinajstić information content (AvgIpc) is 3.07. The van der Waals surface area contributed by atoms with Crippen molar-refractivity contribution in [3.63, 3.8) is 0 Å². The van der Waals surface area contributed by atoms with Gasteiger partial charge in [-0.3, -0.25) is 4.79 Å². The predicted molar refractivity (Wildman–Crippen MR) is 79.1 cm³/mol. The Morgan fingerprint density at radius 3 is 2.37 bits per heavy atom. The average molecular weight is 259 g/mol. The number of aryl methyl sites for hydroxylation is 1. The maximum atomic E-state index is 12.6. The van der Waals surface area contributed by atoms with E-state index in [4.69, 9.17) is 0 Å². The molecule has 1 aliphatic rings. The highest BCUT2D eigenvalue weighted by Gasteiger charge is 2.46. The molecule has 0 heterocycles. The Morgan fingerprint density at radius 1 is 1.21 bits per heavy atom. The van der Waals surface area contributed by atoms with Crippen molar-refractivity contribution in [3.05, 3.63) is 35.4 Å². The SMILES string of the molecule is Cc1cccc(C2CC2C(=O)N(C(C)C)C(C)C)c1. The number of carbonyl (C=O) groups excluding carboxylic acids is 1. The van der Waals surface area contributed by atoms with Gasteiger partial charge in [-0.05, 0) is 52.5 Å². The van der Waals surface area contributed by atoms with E-state index in [2.05, 4.69) is 58.9 Å². The highest BCUT2D eigenvalue weighted by atomic mass is 16.2. The minimum Gasteiger partial charge on any atom is -0.338 e. The molecule has 2 rings (SSSR count). The Balaban J connectivity index is 2.08. The molecule has 2 unspecified atom stereocenters. The minimum atomic E-state index is 0.201. The van der Waals surface area contributed by atoms with Crippen LogP contribution in [0.25, 0.3) is 0 Å². The summed E-state index contributed by atoms with van der Waals surface area (Å²) in [6, 6.07) is 9.13. The van der Waals surface area contributed by atoms with Gasteiger partial charge in [0.1, 0.15) is 0 Å². The molecule has 1 fully saturated rings. The van der Waals surface area contributed by atoms with Crippen LogP contribution < -0.4 is 0 Å². The molecule has 0 radical (unpaired) electrons. The van der Waals surface area contributed by atoms with Crippen LogP contribution in [0.3, 0.4) is 0 Å². The van der Waals surface area contributed by atoms with Crippen LogP contribution in [0.15, 0.2) is 24.3 Å². The number of benzene rings is 1. The number of amides is 1. The van der Waals surface area contributed by atoms with Crippen molar-refractivity contribution in [2.24, 2.45) is 5.92 Å². The van der Waals surface area contributed by atoms with Crippen LogP contribution in [0.1, 0.15) is 51.2 Å². The van der Waals surface area contributed by atoms with Gasteiger partial charge in [0.2, 0.25) is 5.91 Å². The maximum Gasteiger partial charge on any atom is 0.226 e. The predicted octanol–water partition coefficient (Wildman–Crippen LogP) is 3.74. The Labute approximate surface area is 116 Å². The van der Waals surface area contributed by atoms with Crippen LogP contribution in [0.4, 0.5) is 0 Å². The molecule has 0 bridgehead atoms. The second-order valence-electron chi connectivity index (χ2n) is 6.30. The number of hydrogen-bond acceptors (Lipinski definition) is 1. The van der Waals surface area contributed by atoms with Gasteiger partial charge >= 0.3 is 0 Å². The molecule has 0 saturated heterocycles. The molecule has 0 spiro atoms. The summed E-state index contributed by atoms with van der Waals surface area (Å²) in [7, 11) is 0. The lowest BCUT2D eigenvalue weighted by molar-refractivity contribution is -0.136. The van der Waals surface area contributed by atoms with Crippen LogP contribution in [0.5, 0.6) is 0 Å². The van der Waals surface area contributed by atoms with Crippen molar-refractivity contribution in [1.29, 1.82) is 0 Å². The number of carbonyl (C=O) groups is 1. The van der Waals surface area contributed by atoms with Crippen molar-refractivity contribution in [1.82, 2.24) is 4.90 Å². The summed E-state index contributed by atoms with van der Waals surface area (Å²) < 4.78 is 0. The van der Waals surface area contributed by atoms with Crippen molar-refractivity contribution < 1.29 is 4.79 Å². The third kappa shape index (κ3) is 2.99. The van der Waals surface area contributed by atoms with E-state index < -0.39 is 0 Å². The summed E-state index contributed by atoms with van der Waals surface area (Å²) in [5.41, 5.74) is 2.60. The van der Waals surface area contributed by atoms with Gasteiger partial charge in [0.05, 0.1) is 0 Å². The normalized spacial score (nSPS) is 21.8. The summed E-state index contributed by atoms with van der Waals surface area (Å²) in [5.74, 6) is 0.968. The van der Waals surface area contributed by atoms with Gasteiger partial charge in [0, 0.05) is 18.0 Å². The topological polar surface area (TPSA) is 20.3 Å². The van der Waals surface area contributed by atoms with Crippen LogP contribution >= 0.6 is 0 Å². The molecule has 2 atom stereocenters. The summed E-state index contributed by atoms with van der Waals surface area (Å²) >= 11 is 0. The van der Waals surface area contributed by atoms with Gasteiger partial charge in [-0.25, -0.2) is 0 Å². The van der Waals surface area contributed by atoms with Crippen LogP contribution in [-0.4, -0.2) is 22.9 Å². The summed E-state index contributed by atoms with van der Waals surface area (Å²) in [5, 5.41) is 0. The first-order chi connectivity index (χ1) is 8.91. The Morgan fingerprint density at radius 2 is 1.84 bits per heavy atom. The summed E-state index contributed by atoms with van der Waals surface area (Å²) in [6.07, 6.45) is 1.01. The Hall–Kier alpha value is -1.31. The third-order valence-electron chi connectivity index (χ3n) is 3.95. The first-order valence-electron chi connectivity index (χ1n) is 7.30. The van der Waals surface area contributed by atoms with E-state index in [-0.39, 0.29) is 18.0 Å². The molecule has 19 heavy (non-hydrogen) atoms. The molecular weight excluding hydrogens is 234 g/mol. The molecule has 1 aliphatic carbocycles. The van der Waals surface area contributed by atoms with Crippen molar-refractivity contribution in [3.8, 4) is 0 Å². The van der Waals surface area contributed by atoms with E-state index in [0.717, 1.165) is 6.42 Å². The van der Waals surface area contributed by atoms with Crippen molar-refractivity contribution in [2.45, 2.75) is 59.0 Å². The fourth-order valence-electron chi connectivity index (χ4n) is 3.03. The molecule has 1 aromatic carbocycles. The largest absolute Gasteiger partial charge is 0.338 e. The molecule has 0 aliphatic heterocycles. The van der Waals surface area contributed by atoms with E-state index in [1.165, 1.54) is 11.1 Å². The maximum absolute atomic E-state index is 12.6. The molecular formula is C17H25NO. The fourth-order valence-corrected chi connectivity index (χ4v) is 3.03. The smallest absolute Gasteiger partial charge is 0.226 e. The van der Waals surface area contributed by atoms with Gasteiger partial charge < -0.3 is 4.90 Å². The second kappa shape index (κ2) is 5.36. The van der Waals surface area contributed by atoms with Gasteiger partial charge in [-0.1, -0.05) is 29.8 Å². The van der Waals surface area contributed by atoms with Crippen LogP contribution in [-0.2, 0) is 4.79 Å². The zero-order valence-corrected chi connectivity index (χ0v) is 12.7. The number of hydrogen-bond donors (Lipinski definition) is 0. The highest BCUT2D eigenvalue weighted by molar-refractivity contribution is 5.83. The third-order valence-corrected chi connectivity index (χ3v) is 3.95. The van der Waals surface area contributed by atoms with E-state index >= 15 is 0 Å². The molecule has 2 nitrogen and oxygen atoms in total. The van der Waals surface area contributed by atoms with Crippen LogP contribution in [0.2, 0.25) is 0 Å². The van der Waals surface area contributed by atoms with Crippen LogP contribution in [0, 0.1) is 12.8 Å². The molecule has 1 amide bonds. The quantitative estimate of drug-likeness (QED) is 0.806. The second-order valence-corrected chi connectivity index (χ2v) is 6.30. The zero-order chi connectivity index (χ0) is 14.2. The molecule has 2 heteroatoms. The Bertz CT molecular complexity index is 456. The monoisotopic (exact) mass is 259 g/mol. The van der Waals surface area contributed by atoms with Gasteiger partial charge in [0.25, 0.3) is 0 Å². The van der Waals surface area contributed by atoms with Crippen molar-refractivity contribution >= 4 is 5.91 Å². The number of nitrogens with zero attached hydrogens (tertiary/aromatic N) is 1. The van der Waals surface area contributed by atoms with E-state index in [9.17, 15) is 4.79 Å². The standard InChI is InChI=1S/C17H25NO/c1-11(2)18(12(3)4)17(19)16-10-15(16)14-8-6-7-13(5)9-14/h6-9,11-12,15-16H,10H2,1-5H3. The van der Waals surface area contributed by atoms with Crippen molar-refractivity contribution in [2.75, 3.05) is 0 Å². The molecule has 0 N–H and O–H groups in total.